The zero-order valence-corrected chi connectivity index (χ0v) is 9.71. The molecule has 14 heavy (non-hydrogen) atoms. The van der Waals surface area contributed by atoms with Crippen LogP contribution >= 0.6 is 0 Å². The summed E-state index contributed by atoms with van der Waals surface area (Å²) in [5, 5.41) is 13.5. The Morgan fingerprint density at radius 1 is 1.43 bits per heavy atom. The van der Waals surface area contributed by atoms with Crippen molar-refractivity contribution in [2.24, 2.45) is 0 Å². The monoisotopic (exact) mass is 200 g/mol. The Bertz CT molecular complexity index is 169. The van der Waals surface area contributed by atoms with Gasteiger partial charge in [0.15, 0.2) is 0 Å². The summed E-state index contributed by atoms with van der Waals surface area (Å²) in [6.45, 7) is 7.12. The molecule has 2 N–H and O–H groups in total. The first kappa shape index (κ1) is 12.0. The van der Waals surface area contributed by atoms with E-state index in [0.29, 0.717) is 6.04 Å². The highest BCUT2D eigenvalue weighted by Crippen LogP contribution is 2.14. The zero-order valence-electron chi connectivity index (χ0n) is 9.71. The fraction of sp³-hybridized carbons (Fsp3) is 1.00. The van der Waals surface area contributed by atoms with Gasteiger partial charge >= 0.3 is 0 Å². The highest BCUT2D eigenvalue weighted by molar-refractivity contribution is 4.84. The molecular weight excluding hydrogens is 176 g/mol. The molecule has 1 aliphatic rings. The Balaban J connectivity index is 2.25. The van der Waals surface area contributed by atoms with Gasteiger partial charge in [-0.15, -0.1) is 0 Å². The molecule has 1 unspecified atom stereocenters. The van der Waals surface area contributed by atoms with E-state index >= 15 is 0 Å². The van der Waals surface area contributed by atoms with Crippen molar-refractivity contribution in [2.45, 2.75) is 44.8 Å². The summed E-state index contributed by atoms with van der Waals surface area (Å²) in [6.07, 6.45) is 2.87. The number of hydrogen-bond donors (Lipinski definition) is 2. The first-order valence-electron chi connectivity index (χ1n) is 5.74. The molecule has 1 saturated heterocycles. The van der Waals surface area contributed by atoms with Crippen LogP contribution in [-0.2, 0) is 0 Å². The maximum atomic E-state index is 10.1. The smallest absolute Gasteiger partial charge is 0.0766 e. The summed E-state index contributed by atoms with van der Waals surface area (Å²) in [5.41, 5.74) is -0.499. The minimum absolute atomic E-state index is 0.499. The molecule has 0 bridgehead atoms. The molecule has 84 valence electrons. The third kappa shape index (κ3) is 3.23. The quantitative estimate of drug-likeness (QED) is 0.690. The molecule has 0 aliphatic carbocycles. The molecule has 0 saturated carbocycles. The van der Waals surface area contributed by atoms with E-state index in [-0.39, 0.29) is 0 Å². The number of hydrogen-bond acceptors (Lipinski definition) is 3. The molecule has 1 aliphatic heterocycles. The van der Waals surface area contributed by atoms with Crippen LogP contribution in [0.2, 0.25) is 0 Å². The average molecular weight is 200 g/mol. The minimum Gasteiger partial charge on any atom is -0.389 e. The van der Waals surface area contributed by atoms with Crippen LogP contribution in [0.4, 0.5) is 0 Å². The van der Waals surface area contributed by atoms with Crippen molar-refractivity contribution in [3.8, 4) is 0 Å². The number of likely N-dealkylation sites (tertiary alicyclic amines) is 1. The van der Waals surface area contributed by atoms with Gasteiger partial charge in [-0.25, -0.2) is 0 Å². The summed E-state index contributed by atoms with van der Waals surface area (Å²) in [4.78, 5) is 2.33. The minimum atomic E-state index is -0.499. The SMILES string of the molecule is CCC(O)(CC)CNC1CCN(C)C1. The van der Waals surface area contributed by atoms with Gasteiger partial charge in [-0.05, 0) is 32.9 Å². The van der Waals surface area contributed by atoms with Crippen LogP contribution in [-0.4, -0.2) is 48.3 Å². The lowest BCUT2D eigenvalue weighted by Crippen LogP contribution is -2.44. The van der Waals surface area contributed by atoms with E-state index in [2.05, 4.69) is 17.3 Å². The Kier molecular flexibility index (Phi) is 4.35. The largest absolute Gasteiger partial charge is 0.389 e. The highest BCUT2D eigenvalue weighted by Gasteiger charge is 2.25. The Morgan fingerprint density at radius 3 is 2.50 bits per heavy atom. The van der Waals surface area contributed by atoms with Crippen molar-refractivity contribution in [1.29, 1.82) is 0 Å². The second-order valence-corrected chi connectivity index (χ2v) is 4.56. The molecule has 0 spiro atoms. The molecule has 1 heterocycles. The molecule has 0 aromatic carbocycles. The Labute approximate surface area is 87.5 Å². The average Bonchev–Trinajstić information content (AvgIpc) is 2.61. The van der Waals surface area contributed by atoms with E-state index < -0.39 is 5.60 Å². The van der Waals surface area contributed by atoms with Crippen molar-refractivity contribution >= 4 is 0 Å². The molecular formula is C11H24N2O. The highest BCUT2D eigenvalue weighted by atomic mass is 16.3. The second kappa shape index (κ2) is 5.10. The summed E-state index contributed by atoms with van der Waals surface area (Å²) >= 11 is 0. The third-order valence-corrected chi connectivity index (χ3v) is 3.43. The van der Waals surface area contributed by atoms with Gasteiger partial charge in [-0.2, -0.15) is 0 Å². The second-order valence-electron chi connectivity index (χ2n) is 4.56. The predicted octanol–water partition coefficient (Wildman–Crippen LogP) is 0.831. The van der Waals surface area contributed by atoms with Gasteiger partial charge in [0.2, 0.25) is 0 Å². The Morgan fingerprint density at radius 2 is 2.07 bits per heavy atom. The molecule has 0 radical (unpaired) electrons. The third-order valence-electron chi connectivity index (χ3n) is 3.43. The van der Waals surface area contributed by atoms with Crippen molar-refractivity contribution in [3.05, 3.63) is 0 Å². The van der Waals surface area contributed by atoms with Crippen LogP contribution in [0.5, 0.6) is 0 Å². The summed E-state index contributed by atoms with van der Waals surface area (Å²) < 4.78 is 0. The van der Waals surface area contributed by atoms with Gasteiger partial charge in [-0.3, -0.25) is 0 Å². The first-order valence-corrected chi connectivity index (χ1v) is 5.74. The van der Waals surface area contributed by atoms with Crippen LogP contribution in [0, 0.1) is 0 Å². The van der Waals surface area contributed by atoms with Crippen molar-refractivity contribution in [2.75, 3.05) is 26.7 Å². The number of nitrogens with zero attached hydrogens (tertiary/aromatic N) is 1. The lowest BCUT2D eigenvalue weighted by molar-refractivity contribution is 0.0302. The van der Waals surface area contributed by atoms with E-state index in [1.165, 1.54) is 13.0 Å². The number of aliphatic hydroxyl groups is 1. The van der Waals surface area contributed by atoms with Gasteiger partial charge in [0.1, 0.15) is 0 Å². The molecule has 0 amide bonds. The van der Waals surface area contributed by atoms with E-state index in [1.54, 1.807) is 0 Å². The number of rotatable bonds is 5. The van der Waals surface area contributed by atoms with Gasteiger partial charge in [0.05, 0.1) is 5.60 Å². The predicted molar refractivity (Wildman–Crippen MR) is 59.4 cm³/mol. The van der Waals surface area contributed by atoms with E-state index in [9.17, 15) is 5.11 Å². The van der Waals surface area contributed by atoms with E-state index in [0.717, 1.165) is 25.9 Å². The van der Waals surface area contributed by atoms with Crippen LogP contribution in [0.3, 0.4) is 0 Å². The molecule has 1 rings (SSSR count). The number of nitrogens with one attached hydrogen (secondary N) is 1. The summed E-state index contributed by atoms with van der Waals surface area (Å²) in [5.74, 6) is 0. The van der Waals surface area contributed by atoms with Gasteiger partial charge in [-0.1, -0.05) is 13.8 Å². The molecule has 1 atom stereocenters. The molecule has 0 aromatic heterocycles. The van der Waals surface area contributed by atoms with Crippen LogP contribution < -0.4 is 5.32 Å². The number of likely N-dealkylation sites (N-methyl/N-ethyl adjacent to an activating group) is 1. The lowest BCUT2D eigenvalue weighted by Gasteiger charge is -2.27. The van der Waals surface area contributed by atoms with Crippen molar-refractivity contribution in [1.82, 2.24) is 10.2 Å². The van der Waals surface area contributed by atoms with Gasteiger partial charge in [0, 0.05) is 19.1 Å². The maximum Gasteiger partial charge on any atom is 0.0766 e. The molecule has 1 fully saturated rings. The summed E-state index contributed by atoms with van der Waals surface area (Å²) in [7, 11) is 2.15. The molecule has 3 nitrogen and oxygen atoms in total. The maximum absolute atomic E-state index is 10.1. The normalized spacial score (nSPS) is 24.4. The fourth-order valence-corrected chi connectivity index (χ4v) is 1.94. The zero-order chi connectivity index (χ0) is 10.6. The fourth-order valence-electron chi connectivity index (χ4n) is 1.94. The topological polar surface area (TPSA) is 35.5 Å². The van der Waals surface area contributed by atoms with Gasteiger partial charge < -0.3 is 15.3 Å². The van der Waals surface area contributed by atoms with Crippen LogP contribution in [0.15, 0.2) is 0 Å². The van der Waals surface area contributed by atoms with E-state index in [4.69, 9.17) is 0 Å². The van der Waals surface area contributed by atoms with E-state index in [1.807, 2.05) is 13.8 Å². The molecule has 0 aromatic rings. The van der Waals surface area contributed by atoms with Crippen LogP contribution in [0.1, 0.15) is 33.1 Å². The standard InChI is InChI=1S/C11H24N2O/c1-4-11(14,5-2)9-12-10-6-7-13(3)8-10/h10,12,14H,4-9H2,1-3H3. The van der Waals surface area contributed by atoms with Gasteiger partial charge in [0.25, 0.3) is 0 Å². The summed E-state index contributed by atoms with van der Waals surface area (Å²) in [6, 6.07) is 0.574. The van der Waals surface area contributed by atoms with Crippen molar-refractivity contribution < 1.29 is 5.11 Å². The Hall–Kier alpha value is -0.120. The first-order chi connectivity index (χ1) is 6.59. The van der Waals surface area contributed by atoms with Crippen LogP contribution in [0.25, 0.3) is 0 Å². The van der Waals surface area contributed by atoms with Crippen molar-refractivity contribution in [3.63, 3.8) is 0 Å². The lowest BCUT2D eigenvalue weighted by atomic mass is 9.97. The molecule has 3 heteroatoms.